The fourth-order valence-corrected chi connectivity index (χ4v) is 6.12. The number of aromatic nitrogens is 2. The Morgan fingerprint density at radius 2 is 1.44 bits per heavy atom. The van der Waals surface area contributed by atoms with Crippen molar-refractivity contribution in [3.05, 3.63) is 89.5 Å². The van der Waals surface area contributed by atoms with E-state index in [1.807, 2.05) is 40.6 Å². The lowest BCUT2D eigenvalue weighted by molar-refractivity contribution is 0.188. The predicted molar refractivity (Wildman–Crippen MR) is 142 cm³/mol. The summed E-state index contributed by atoms with van der Waals surface area (Å²) >= 11 is 1.85. The Kier molecular flexibility index (Phi) is 6.63. The largest absolute Gasteiger partial charge is 0.338 e. The molecule has 34 heavy (non-hydrogen) atoms. The summed E-state index contributed by atoms with van der Waals surface area (Å²) in [5.74, 6) is 0. The first kappa shape index (κ1) is 23.0. The Hall–Kier alpha value is -2.80. The van der Waals surface area contributed by atoms with Gasteiger partial charge in [-0.1, -0.05) is 48.2 Å². The fourth-order valence-electron chi connectivity index (χ4n) is 5.03. The number of benzene rings is 3. The molecule has 5 nitrogen and oxygen atoms in total. The van der Waals surface area contributed by atoms with E-state index in [-0.39, 0.29) is 24.0 Å². The summed E-state index contributed by atoms with van der Waals surface area (Å²) in [6.07, 6.45) is 3.69. The third kappa shape index (κ3) is 4.22. The van der Waals surface area contributed by atoms with Crippen LogP contribution in [-0.2, 0) is 0 Å². The molecule has 0 atom stereocenters. The van der Waals surface area contributed by atoms with Gasteiger partial charge in [0, 0.05) is 42.0 Å². The lowest BCUT2D eigenvalue weighted by Gasteiger charge is -2.37. The Bertz CT molecular complexity index is 1320. The zero-order valence-corrected chi connectivity index (χ0v) is 20.5. The summed E-state index contributed by atoms with van der Waals surface area (Å²) in [7, 11) is 0. The smallest absolute Gasteiger partial charge is 0.261 e. The van der Waals surface area contributed by atoms with Crippen LogP contribution < -0.4 is 10.5 Å². The second-order valence-corrected chi connectivity index (χ2v) is 9.82. The number of likely N-dealkylation sites (tertiary alicyclic amines) is 1. The summed E-state index contributed by atoms with van der Waals surface area (Å²) in [5.41, 5.74) is 3.45. The average molecular weight is 491 g/mol. The zero-order chi connectivity index (χ0) is 22.2. The van der Waals surface area contributed by atoms with Crippen LogP contribution in [0.5, 0.6) is 0 Å². The molecule has 4 aromatic rings. The molecule has 0 aliphatic carbocycles. The monoisotopic (exact) mass is 490 g/mol. The first-order valence-electron chi connectivity index (χ1n) is 11.6. The highest BCUT2D eigenvalue weighted by Crippen LogP contribution is 2.47. The predicted octanol–water partition coefficient (Wildman–Crippen LogP) is 5.76. The molecule has 2 aliphatic heterocycles. The van der Waals surface area contributed by atoms with Crippen LogP contribution in [0.15, 0.2) is 93.7 Å². The van der Waals surface area contributed by atoms with Crippen LogP contribution >= 0.6 is 24.2 Å². The third-order valence-electron chi connectivity index (χ3n) is 6.81. The summed E-state index contributed by atoms with van der Waals surface area (Å²) in [6.45, 7) is 3.95. The molecular formula is C27H27ClN4OS. The van der Waals surface area contributed by atoms with Crippen molar-refractivity contribution in [1.82, 2.24) is 14.5 Å². The molecule has 0 N–H and O–H groups in total. The van der Waals surface area contributed by atoms with Gasteiger partial charge in [0.05, 0.1) is 28.6 Å². The maximum atomic E-state index is 13.0. The van der Waals surface area contributed by atoms with E-state index < -0.39 is 0 Å². The molecule has 6 rings (SSSR count). The lowest BCUT2D eigenvalue weighted by Crippen LogP contribution is -2.41. The van der Waals surface area contributed by atoms with Gasteiger partial charge in [-0.05, 0) is 49.2 Å². The molecule has 7 heteroatoms. The van der Waals surface area contributed by atoms with Crippen molar-refractivity contribution in [2.75, 3.05) is 31.1 Å². The first-order chi connectivity index (χ1) is 16.3. The second kappa shape index (κ2) is 9.82. The minimum absolute atomic E-state index is 0. The molecule has 1 fully saturated rings. The van der Waals surface area contributed by atoms with E-state index in [2.05, 4.69) is 63.3 Å². The van der Waals surface area contributed by atoms with Crippen LogP contribution in [0, 0.1) is 0 Å². The first-order valence-corrected chi connectivity index (χ1v) is 12.4. The van der Waals surface area contributed by atoms with E-state index >= 15 is 0 Å². The average Bonchev–Trinajstić information content (AvgIpc) is 2.87. The number of piperidine rings is 1. The van der Waals surface area contributed by atoms with Crippen LogP contribution in [0.3, 0.4) is 0 Å². The van der Waals surface area contributed by atoms with Crippen molar-refractivity contribution in [3.8, 4) is 0 Å². The van der Waals surface area contributed by atoms with E-state index in [0.29, 0.717) is 5.39 Å². The van der Waals surface area contributed by atoms with Crippen molar-refractivity contribution in [2.45, 2.75) is 28.7 Å². The van der Waals surface area contributed by atoms with Gasteiger partial charge in [-0.25, -0.2) is 4.98 Å². The van der Waals surface area contributed by atoms with Gasteiger partial charge in [-0.2, -0.15) is 0 Å². The highest BCUT2D eigenvalue weighted by molar-refractivity contribution is 7.99. The molecule has 0 amide bonds. The fraction of sp³-hybridized carbons (Fsp3) is 0.259. The normalized spacial score (nSPS) is 16.1. The van der Waals surface area contributed by atoms with Gasteiger partial charge >= 0.3 is 0 Å². The Labute approximate surface area is 209 Å². The van der Waals surface area contributed by atoms with Gasteiger partial charge in [0.25, 0.3) is 5.56 Å². The van der Waals surface area contributed by atoms with E-state index in [0.717, 1.165) is 44.5 Å². The summed E-state index contributed by atoms with van der Waals surface area (Å²) < 4.78 is 1.86. The van der Waals surface area contributed by atoms with Gasteiger partial charge < -0.3 is 9.80 Å². The molecular weight excluding hydrogens is 464 g/mol. The third-order valence-corrected chi connectivity index (χ3v) is 7.94. The molecule has 0 spiro atoms. The van der Waals surface area contributed by atoms with Gasteiger partial charge in [0.15, 0.2) is 0 Å². The molecule has 1 aromatic heterocycles. The molecule has 0 radical (unpaired) electrons. The number of anilines is 2. The van der Waals surface area contributed by atoms with E-state index in [9.17, 15) is 4.79 Å². The van der Waals surface area contributed by atoms with Crippen molar-refractivity contribution in [3.63, 3.8) is 0 Å². The van der Waals surface area contributed by atoms with Crippen molar-refractivity contribution in [2.24, 2.45) is 0 Å². The van der Waals surface area contributed by atoms with E-state index in [1.165, 1.54) is 21.2 Å². The topological polar surface area (TPSA) is 41.4 Å². The van der Waals surface area contributed by atoms with Gasteiger partial charge in [0.1, 0.15) is 0 Å². The summed E-state index contributed by atoms with van der Waals surface area (Å²) in [6, 6.07) is 25.2. The standard InChI is InChI=1S/C27H26N4OS.ClH/c32-27-21-7-1-2-8-22(21)28-19-31(27)20-13-15-29(16-14-20)17-18-30-23-9-3-5-11-25(23)33-26-12-6-4-10-24(26)30;/h1-12,19-20H,13-18H2;1H. The van der Waals surface area contributed by atoms with Crippen molar-refractivity contribution >= 4 is 46.4 Å². The van der Waals surface area contributed by atoms with Crippen molar-refractivity contribution in [1.29, 1.82) is 0 Å². The summed E-state index contributed by atoms with van der Waals surface area (Å²) in [5, 5.41) is 0.711. The zero-order valence-electron chi connectivity index (χ0n) is 18.8. The molecule has 0 bridgehead atoms. The minimum atomic E-state index is 0. The molecule has 0 unspecified atom stereocenters. The number of fused-ring (bicyclic) bond motifs is 3. The SMILES string of the molecule is Cl.O=c1c2ccccc2ncn1C1CCN(CCN2c3ccccc3Sc3ccccc32)CC1. The van der Waals surface area contributed by atoms with Crippen LogP contribution in [0.2, 0.25) is 0 Å². The number of halogens is 1. The maximum Gasteiger partial charge on any atom is 0.261 e. The lowest BCUT2D eigenvalue weighted by atomic mass is 10.0. The number of rotatable bonds is 4. The summed E-state index contributed by atoms with van der Waals surface area (Å²) in [4.78, 5) is 25.1. The van der Waals surface area contributed by atoms with Gasteiger partial charge in [-0.15, -0.1) is 12.4 Å². The van der Waals surface area contributed by atoms with E-state index in [1.54, 1.807) is 6.33 Å². The molecule has 174 valence electrons. The number of hydrogen-bond acceptors (Lipinski definition) is 5. The highest BCUT2D eigenvalue weighted by atomic mass is 35.5. The Balaban J connectivity index is 0.00000241. The van der Waals surface area contributed by atoms with Crippen LogP contribution in [0.4, 0.5) is 11.4 Å². The van der Waals surface area contributed by atoms with Crippen LogP contribution in [-0.4, -0.2) is 40.6 Å². The van der Waals surface area contributed by atoms with Crippen molar-refractivity contribution < 1.29 is 0 Å². The Morgan fingerprint density at radius 3 is 2.15 bits per heavy atom. The second-order valence-electron chi connectivity index (χ2n) is 8.74. The Morgan fingerprint density at radius 1 is 0.824 bits per heavy atom. The quantitative estimate of drug-likeness (QED) is 0.364. The number of para-hydroxylation sites is 3. The van der Waals surface area contributed by atoms with Crippen LogP contribution in [0.1, 0.15) is 18.9 Å². The molecule has 0 saturated carbocycles. The maximum absolute atomic E-state index is 13.0. The number of hydrogen-bond donors (Lipinski definition) is 0. The van der Waals surface area contributed by atoms with E-state index in [4.69, 9.17) is 0 Å². The minimum Gasteiger partial charge on any atom is -0.338 e. The number of nitrogens with zero attached hydrogens (tertiary/aromatic N) is 4. The highest BCUT2D eigenvalue weighted by Gasteiger charge is 2.25. The molecule has 3 heterocycles. The van der Waals surface area contributed by atoms with Gasteiger partial charge in [0.2, 0.25) is 0 Å². The molecule has 1 saturated heterocycles. The molecule has 2 aliphatic rings. The van der Waals surface area contributed by atoms with Crippen LogP contribution in [0.25, 0.3) is 10.9 Å². The molecule has 3 aromatic carbocycles. The van der Waals surface area contributed by atoms with Gasteiger partial charge in [-0.3, -0.25) is 9.36 Å².